The summed E-state index contributed by atoms with van der Waals surface area (Å²) < 4.78 is 24.1. The fraction of sp³-hybridized carbons (Fsp3) is 0.273. The first-order valence-corrected chi connectivity index (χ1v) is 8.75. The van der Waals surface area contributed by atoms with Gasteiger partial charge in [0.1, 0.15) is 0 Å². The van der Waals surface area contributed by atoms with E-state index in [1.54, 1.807) is 6.07 Å². The summed E-state index contributed by atoms with van der Waals surface area (Å²) >= 11 is 4.43. The Bertz CT molecular complexity index is 493. The molecule has 2 nitrogen and oxygen atoms in total. The molecule has 1 aromatic rings. The highest BCUT2D eigenvalue weighted by Gasteiger charge is 2.19. The smallest absolute Gasteiger partial charge is 0.182 e. The molecule has 0 bridgehead atoms. The molecular formula is C11H12I2O2S. The first-order valence-electron chi connectivity index (χ1n) is 4.61. The third-order valence-electron chi connectivity index (χ3n) is 2.07. The lowest BCUT2D eigenvalue weighted by Gasteiger charge is -2.11. The van der Waals surface area contributed by atoms with Gasteiger partial charge in [-0.25, -0.2) is 8.42 Å². The van der Waals surface area contributed by atoms with Gasteiger partial charge in [-0.05, 0) is 18.6 Å². The molecule has 88 valence electrons. The van der Waals surface area contributed by atoms with Gasteiger partial charge in [-0.2, -0.15) is 0 Å². The fourth-order valence-electron chi connectivity index (χ4n) is 1.37. The van der Waals surface area contributed by atoms with E-state index in [1.165, 1.54) is 6.08 Å². The zero-order chi connectivity index (χ0) is 12.3. The van der Waals surface area contributed by atoms with Crippen molar-refractivity contribution in [1.29, 1.82) is 0 Å². The zero-order valence-corrected chi connectivity index (χ0v) is 13.9. The van der Waals surface area contributed by atoms with E-state index < -0.39 is 9.84 Å². The molecule has 0 heterocycles. The minimum absolute atomic E-state index is 0.0109. The summed E-state index contributed by atoms with van der Waals surface area (Å²) in [4.78, 5) is 0.423. The number of sulfone groups is 1. The van der Waals surface area contributed by atoms with Crippen molar-refractivity contribution in [2.75, 3.05) is 5.75 Å². The second-order valence-corrected chi connectivity index (χ2v) is 10.3. The molecule has 0 saturated heterocycles. The van der Waals surface area contributed by atoms with Gasteiger partial charge in [0, 0.05) is 0 Å². The van der Waals surface area contributed by atoms with E-state index in [9.17, 15) is 8.42 Å². The van der Waals surface area contributed by atoms with Crippen LogP contribution in [0.4, 0.5) is 0 Å². The maximum absolute atomic E-state index is 12.0. The zero-order valence-electron chi connectivity index (χ0n) is 8.78. The van der Waals surface area contributed by atoms with Crippen LogP contribution >= 0.6 is 45.2 Å². The average Bonchev–Trinajstić information content (AvgIpc) is 2.16. The van der Waals surface area contributed by atoms with Crippen LogP contribution in [0.15, 0.2) is 35.7 Å². The van der Waals surface area contributed by atoms with E-state index in [-0.39, 0.29) is 7.68 Å². The van der Waals surface area contributed by atoms with Crippen molar-refractivity contribution in [2.24, 2.45) is 0 Å². The highest BCUT2D eigenvalue weighted by atomic mass is 127. The van der Waals surface area contributed by atoms with Gasteiger partial charge in [0.15, 0.2) is 9.84 Å². The summed E-state index contributed by atoms with van der Waals surface area (Å²) in [6.07, 6.45) is 1.42. The molecule has 0 aromatic heterocycles. The van der Waals surface area contributed by atoms with Gasteiger partial charge in [0.25, 0.3) is 0 Å². The van der Waals surface area contributed by atoms with Gasteiger partial charge >= 0.3 is 0 Å². The van der Waals surface area contributed by atoms with Crippen LogP contribution in [-0.4, -0.2) is 14.2 Å². The van der Waals surface area contributed by atoms with Crippen LogP contribution in [0.2, 0.25) is 0 Å². The summed E-state index contributed by atoms with van der Waals surface area (Å²) in [5.74, 6) is -0.0109. The maximum atomic E-state index is 12.0. The number of benzene rings is 1. The average molecular weight is 462 g/mol. The molecule has 1 rings (SSSR count). The lowest BCUT2D eigenvalue weighted by Crippen LogP contribution is -2.08. The van der Waals surface area contributed by atoms with Crippen LogP contribution in [-0.2, 0) is 9.84 Å². The Morgan fingerprint density at radius 1 is 1.44 bits per heavy atom. The van der Waals surface area contributed by atoms with E-state index in [4.69, 9.17) is 0 Å². The molecule has 0 spiro atoms. The van der Waals surface area contributed by atoms with Crippen LogP contribution < -0.4 is 0 Å². The standard InChI is InChI=1S/C11H12I2O2S/c1-3-6-16(14,15)10-5-4-8(2)7-9(10)11(12)13/h3-5,7,11H,1,6H2,2H3. The normalized spacial score (nSPS) is 11.8. The number of rotatable bonds is 4. The molecule has 0 fully saturated rings. The first kappa shape index (κ1) is 14.4. The lowest BCUT2D eigenvalue weighted by atomic mass is 10.2. The molecule has 0 amide bonds. The molecular weight excluding hydrogens is 450 g/mol. The van der Waals surface area contributed by atoms with Crippen molar-refractivity contribution < 1.29 is 8.42 Å². The topological polar surface area (TPSA) is 34.1 Å². The summed E-state index contributed by atoms with van der Waals surface area (Å²) in [7, 11) is -3.23. The Labute approximate surface area is 124 Å². The Morgan fingerprint density at radius 3 is 2.56 bits per heavy atom. The van der Waals surface area contributed by atoms with E-state index >= 15 is 0 Å². The van der Waals surface area contributed by atoms with Crippen molar-refractivity contribution in [3.05, 3.63) is 42.0 Å². The minimum atomic E-state index is -3.23. The van der Waals surface area contributed by atoms with Crippen LogP contribution in [0.3, 0.4) is 0 Å². The van der Waals surface area contributed by atoms with Gasteiger partial charge in [0.05, 0.1) is 12.6 Å². The van der Waals surface area contributed by atoms with Crippen molar-refractivity contribution in [1.82, 2.24) is 0 Å². The molecule has 0 unspecified atom stereocenters. The van der Waals surface area contributed by atoms with E-state index in [0.717, 1.165) is 11.1 Å². The third kappa shape index (κ3) is 3.43. The summed E-state index contributed by atoms with van der Waals surface area (Å²) in [6.45, 7) is 5.44. The Hall–Kier alpha value is 0.370. The van der Waals surface area contributed by atoms with Crippen molar-refractivity contribution in [3.63, 3.8) is 0 Å². The SMILES string of the molecule is C=CCS(=O)(=O)c1ccc(C)cc1C(I)I. The number of alkyl halides is 2. The molecule has 16 heavy (non-hydrogen) atoms. The van der Waals surface area contributed by atoms with E-state index in [0.29, 0.717) is 4.90 Å². The van der Waals surface area contributed by atoms with Crippen LogP contribution in [0.1, 0.15) is 13.1 Å². The summed E-state index contributed by atoms with van der Waals surface area (Å²) in [5.41, 5.74) is 1.94. The van der Waals surface area contributed by atoms with Gasteiger partial charge in [-0.1, -0.05) is 69.0 Å². The van der Waals surface area contributed by atoms with E-state index in [1.807, 2.05) is 19.1 Å². The second kappa shape index (κ2) is 5.81. The van der Waals surface area contributed by atoms with Crippen molar-refractivity contribution in [2.45, 2.75) is 13.8 Å². The number of halogens is 2. The van der Waals surface area contributed by atoms with E-state index in [2.05, 4.69) is 51.8 Å². The van der Waals surface area contributed by atoms with Crippen molar-refractivity contribution >= 4 is 55.0 Å². The number of hydrogen-bond donors (Lipinski definition) is 0. The third-order valence-corrected chi connectivity index (χ3v) is 5.13. The van der Waals surface area contributed by atoms with Crippen LogP contribution in [0, 0.1) is 6.92 Å². The Morgan fingerprint density at radius 2 is 2.06 bits per heavy atom. The predicted molar refractivity (Wildman–Crippen MR) is 84.2 cm³/mol. The van der Waals surface area contributed by atoms with Gasteiger partial charge in [0.2, 0.25) is 0 Å². The second-order valence-electron chi connectivity index (χ2n) is 3.41. The quantitative estimate of drug-likeness (QED) is 0.388. The molecule has 0 saturated carbocycles. The van der Waals surface area contributed by atoms with Crippen LogP contribution in [0.5, 0.6) is 0 Å². The van der Waals surface area contributed by atoms with Gasteiger partial charge in [-0.15, -0.1) is 6.58 Å². The highest BCUT2D eigenvalue weighted by molar-refractivity contribution is 14.2. The van der Waals surface area contributed by atoms with Crippen molar-refractivity contribution in [3.8, 4) is 0 Å². The minimum Gasteiger partial charge on any atom is -0.223 e. The first-order chi connectivity index (χ1) is 7.38. The van der Waals surface area contributed by atoms with Gasteiger partial charge < -0.3 is 0 Å². The summed E-state index contributed by atoms with van der Waals surface area (Å²) in [6, 6.07) is 5.45. The van der Waals surface area contributed by atoms with Crippen LogP contribution in [0.25, 0.3) is 0 Å². The molecule has 0 N–H and O–H groups in total. The monoisotopic (exact) mass is 462 g/mol. The molecule has 0 aliphatic carbocycles. The molecule has 0 atom stereocenters. The summed E-state index contributed by atoms with van der Waals surface area (Å²) in [5, 5.41) is 0. The molecule has 0 radical (unpaired) electrons. The number of aryl methyl sites for hydroxylation is 1. The van der Waals surface area contributed by atoms with Gasteiger partial charge in [-0.3, -0.25) is 0 Å². The largest absolute Gasteiger partial charge is 0.223 e. The molecule has 1 aromatic carbocycles. The fourth-order valence-corrected chi connectivity index (χ4v) is 4.12. The lowest BCUT2D eigenvalue weighted by molar-refractivity contribution is 0.598. The predicted octanol–water partition coefficient (Wildman–Crippen LogP) is 3.82. The molecule has 0 aliphatic heterocycles. The Kier molecular flexibility index (Phi) is 5.24. The molecule has 5 heteroatoms. The maximum Gasteiger partial charge on any atom is 0.182 e. The Balaban J connectivity index is 3.39. The highest BCUT2D eigenvalue weighted by Crippen LogP contribution is 2.35. The molecule has 0 aliphatic rings. The number of hydrogen-bond acceptors (Lipinski definition) is 2.